The number of halogens is 1. The molecular formula is C15H20ClN3O. The van der Waals surface area contributed by atoms with Gasteiger partial charge in [-0.2, -0.15) is 0 Å². The third kappa shape index (κ3) is 3.85. The maximum atomic E-state index is 12.2. The Balaban J connectivity index is 0.00000200. The fourth-order valence-electron chi connectivity index (χ4n) is 1.94. The number of anilines is 1. The van der Waals surface area contributed by atoms with Crippen molar-refractivity contribution >= 4 is 24.0 Å². The molecule has 1 heterocycles. The first-order chi connectivity index (χ1) is 9.22. The minimum absolute atomic E-state index is 0. The van der Waals surface area contributed by atoms with E-state index >= 15 is 0 Å². The molecule has 0 bridgehead atoms. The van der Waals surface area contributed by atoms with Crippen LogP contribution in [0, 0.1) is 0 Å². The van der Waals surface area contributed by atoms with E-state index in [1.54, 1.807) is 0 Å². The molecule has 20 heavy (non-hydrogen) atoms. The van der Waals surface area contributed by atoms with Crippen molar-refractivity contribution in [2.45, 2.75) is 13.5 Å². The molecule has 1 aromatic carbocycles. The first kappa shape index (κ1) is 16.3. The predicted molar refractivity (Wildman–Crippen MR) is 84.4 cm³/mol. The fourth-order valence-corrected chi connectivity index (χ4v) is 1.94. The number of para-hydroxylation sites is 1. The third-order valence-corrected chi connectivity index (χ3v) is 3.01. The summed E-state index contributed by atoms with van der Waals surface area (Å²) in [5.41, 5.74) is 2.60. The molecule has 5 heteroatoms. The third-order valence-electron chi connectivity index (χ3n) is 3.01. The molecule has 1 aromatic heterocycles. The van der Waals surface area contributed by atoms with Gasteiger partial charge in [0.25, 0.3) is 5.91 Å². The number of nitrogens with one attached hydrogen (secondary N) is 2. The molecule has 0 aliphatic carbocycles. The van der Waals surface area contributed by atoms with Crippen LogP contribution in [0.4, 0.5) is 5.69 Å². The number of carbonyl (C=O) groups is 1. The minimum atomic E-state index is -0.0866. The van der Waals surface area contributed by atoms with Crippen LogP contribution < -0.4 is 10.6 Å². The lowest BCUT2D eigenvalue weighted by Gasteiger charge is -2.11. The van der Waals surface area contributed by atoms with Gasteiger partial charge in [-0.3, -0.25) is 4.79 Å². The Morgan fingerprint density at radius 2 is 1.95 bits per heavy atom. The Hall–Kier alpha value is -1.78. The van der Waals surface area contributed by atoms with Crippen LogP contribution in [0.2, 0.25) is 0 Å². The normalized spacial score (nSPS) is 9.90. The van der Waals surface area contributed by atoms with Gasteiger partial charge in [0.15, 0.2) is 0 Å². The second-order valence-corrected chi connectivity index (χ2v) is 4.40. The van der Waals surface area contributed by atoms with E-state index in [1.807, 2.05) is 54.2 Å². The summed E-state index contributed by atoms with van der Waals surface area (Å²) in [7, 11) is 1.86. The zero-order chi connectivity index (χ0) is 13.7. The van der Waals surface area contributed by atoms with Gasteiger partial charge in [-0.15, -0.1) is 12.4 Å². The first-order valence-electron chi connectivity index (χ1n) is 6.43. The summed E-state index contributed by atoms with van der Waals surface area (Å²) < 4.78 is 1.81. The van der Waals surface area contributed by atoms with E-state index in [2.05, 4.69) is 17.6 Å². The van der Waals surface area contributed by atoms with Crippen molar-refractivity contribution in [1.29, 1.82) is 0 Å². The Morgan fingerprint density at radius 3 is 2.60 bits per heavy atom. The van der Waals surface area contributed by atoms with Crippen LogP contribution in [0.15, 0.2) is 42.6 Å². The Labute approximate surface area is 125 Å². The topological polar surface area (TPSA) is 46.1 Å². The summed E-state index contributed by atoms with van der Waals surface area (Å²) >= 11 is 0. The molecule has 1 amide bonds. The lowest BCUT2D eigenvalue weighted by molar-refractivity contribution is 0.101. The van der Waals surface area contributed by atoms with Crippen molar-refractivity contribution in [2.75, 3.05) is 11.9 Å². The monoisotopic (exact) mass is 293 g/mol. The SMILES string of the molecule is CCNCc1ccccc1NC(=O)c1cccn1C.Cl. The zero-order valence-electron chi connectivity index (χ0n) is 11.7. The number of hydrogen-bond donors (Lipinski definition) is 2. The number of nitrogens with zero attached hydrogens (tertiary/aromatic N) is 1. The molecule has 4 nitrogen and oxygen atoms in total. The maximum Gasteiger partial charge on any atom is 0.272 e. The van der Waals surface area contributed by atoms with E-state index in [0.717, 1.165) is 24.3 Å². The summed E-state index contributed by atoms with van der Waals surface area (Å²) in [5, 5.41) is 6.23. The van der Waals surface area contributed by atoms with Crippen LogP contribution in [0.1, 0.15) is 23.0 Å². The van der Waals surface area contributed by atoms with Crippen molar-refractivity contribution in [3.05, 3.63) is 53.9 Å². The van der Waals surface area contributed by atoms with Crippen LogP contribution in [0.5, 0.6) is 0 Å². The van der Waals surface area contributed by atoms with Gasteiger partial charge in [0.2, 0.25) is 0 Å². The Kier molecular flexibility index (Phi) is 6.28. The van der Waals surface area contributed by atoms with E-state index in [0.29, 0.717) is 5.69 Å². The number of carbonyl (C=O) groups excluding carboxylic acids is 1. The van der Waals surface area contributed by atoms with E-state index < -0.39 is 0 Å². The number of aryl methyl sites for hydroxylation is 1. The van der Waals surface area contributed by atoms with Crippen molar-refractivity contribution < 1.29 is 4.79 Å². The lowest BCUT2D eigenvalue weighted by Crippen LogP contribution is -2.18. The summed E-state index contributed by atoms with van der Waals surface area (Å²) in [6.07, 6.45) is 1.86. The summed E-state index contributed by atoms with van der Waals surface area (Å²) in [6.45, 7) is 3.71. The summed E-state index contributed by atoms with van der Waals surface area (Å²) in [6, 6.07) is 11.5. The zero-order valence-corrected chi connectivity index (χ0v) is 12.5. The molecule has 0 aliphatic rings. The molecule has 108 valence electrons. The molecule has 0 spiro atoms. The minimum Gasteiger partial charge on any atom is -0.347 e. The molecule has 0 aliphatic heterocycles. The fraction of sp³-hybridized carbons (Fsp3) is 0.267. The molecule has 0 fully saturated rings. The van der Waals surface area contributed by atoms with Crippen LogP contribution >= 0.6 is 12.4 Å². The second kappa shape index (κ2) is 7.72. The molecule has 0 unspecified atom stereocenters. The quantitative estimate of drug-likeness (QED) is 0.890. The van der Waals surface area contributed by atoms with Gasteiger partial charge in [-0.05, 0) is 30.3 Å². The predicted octanol–water partition coefficient (Wildman–Crippen LogP) is 2.81. The standard InChI is InChI=1S/C15H19N3O.ClH/c1-3-16-11-12-7-4-5-8-13(12)17-15(19)14-9-6-10-18(14)2;/h4-10,16H,3,11H2,1-2H3,(H,17,19);1H. The van der Waals surface area contributed by atoms with Crippen LogP contribution in [0.3, 0.4) is 0 Å². The molecule has 0 saturated heterocycles. The second-order valence-electron chi connectivity index (χ2n) is 4.40. The highest BCUT2D eigenvalue weighted by atomic mass is 35.5. The van der Waals surface area contributed by atoms with Gasteiger partial charge in [0.1, 0.15) is 5.69 Å². The molecule has 2 aromatic rings. The van der Waals surface area contributed by atoms with Crippen LogP contribution in [0.25, 0.3) is 0 Å². The van der Waals surface area contributed by atoms with Gasteiger partial charge >= 0.3 is 0 Å². The molecule has 0 saturated carbocycles. The maximum absolute atomic E-state index is 12.2. The molecule has 0 radical (unpaired) electrons. The number of benzene rings is 1. The highest BCUT2D eigenvalue weighted by Gasteiger charge is 2.10. The van der Waals surface area contributed by atoms with Gasteiger partial charge < -0.3 is 15.2 Å². The van der Waals surface area contributed by atoms with Gasteiger partial charge in [0, 0.05) is 25.5 Å². The molecule has 2 N–H and O–H groups in total. The average molecular weight is 294 g/mol. The highest BCUT2D eigenvalue weighted by molar-refractivity contribution is 6.03. The summed E-state index contributed by atoms with van der Waals surface area (Å²) in [5.74, 6) is -0.0866. The van der Waals surface area contributed by atoms with E-state index in [1.165, 1.54) is 0 Å². The van der Waals surface area contributed by atoms with Crippen molar-refractivity contribution in [2.24, 2.45) is 7.05 Å². The Bertz CT molecular complexity index is 566. The number of aromatic nitrogens is 1. The van der Waals surface area contributed by atoms with Crippen LogP contribution in [-0.2, 0) is 13.6 Å². The smallest absolute Gasteiger partial charge is 0.272 e. The largest absolute Gasteiger partial charge is 0.347 e. The lowest BCUT2D eigenvalue weighted by atomic mass is 10.1. The van der Waals surface area contributed by atoms with Gasteiger partial charge in [0.05, 0.1) is 0 Å². The van der Waals surface area contributed by atoms with E-state index in [-0.39, 0.29) is 18.3 Å². The van der Waals surface area contributed by atoms with Crippen molar-refractivity contribution in [3.63, 3.8) is 0 Å². The van der Waals surface area contributed by atoms with Gasteiger partial charge in [-0.1, -0.05) is 25.1 Å². The van der Waals surface area contributed by atoms with Gasteiger partial charge in [-0.25, -0.2) is 0 Å². The Morgan fingerprint density at radius 1 is 1.20 bits per heavy atom. The number of hydrogen-bond acceptors (Lipinski definition) is 2. The molecular weight excluding hydrogens is 274 g/mol. The van der Waals surface area contributed by atoms with E-state index in [9.17, 15) is 4.79 Å². The molecule has 0 atom stereocenters. The van der Waals surface area contributed by atoms with E-state index in [4.69, 9.17) is 0 Å². The van der Waals surface area contributed by atoms with Crippen molar-refractivity contribution in [1.82, 2.24) is 9.88 Å². The molecule has 2 rings (SSSR count). The highest BCUT2D eigenvalue weighted by Crippen LogP contribution is 2.16. The number of amides is 1. The summed E-state index contributed by atoms with van der Waals surface area (Å²) in [4.78, 5) is 12.2. The number of rotatable bonds is 5. The average Bonchev–Trinajstić information content (AvgIpc) is 2.84. The van der Waals surface area contributed by atoms with Crippen molar-refractivity contribution in [3.8, 4) is 0 Å². The van der Waals surface area contributed by atoms with Crippen LogP contribution in [-0.4, -0.2) is 17.0 Å². The first-order valence-corrected chi connectivity index (χ1v) is 6.43.